The molecule has 0 atom stereocenters. The van der Waals surface area contributed by atoms with Crippen molar-refractivity contribution in [3.05, 3.63) is 11.8 Å². The van der Waals surface area contributed by atoms with Gasteiger partial charge in [-0.3, -0.25) is 4.90 Å². The number of aromatic nitrogens is 2. The first-order valence-corrected chi connectivity index (χ1v) is 6.91. The SMILES string of the molecule is CCNc1nc(C)cc(NCCN2CCOCC2)n1. The zero-order chi connectivity index (χ0) is 13.5. The number of nitrogens with one attached hydrogen (secondary N) is 2. The molecule has 1 saturated heterocycles. The van der Waals surface area contributed by atoms with Gasteiger partial charge in [-0.05, 0) is 13.8 Å². The quantitative estimate of drug-likeness (QED) is 0.799. The Balaban J connectivity index is 1.81. The number of anilines is 2. The van der Waals surface area contributed by atoms with Crippen LogP contribution in [0.25, 0.3) is 0 Å². The van der Waals surface area contributed by atoms with Crippen LogP contribution < -0.4 is 10.6 Å². The number of nitrogens with zero attached hydrogens (tertiary/aromatic N) is 3. The molecule has 2 heterocycles. The van der Waals surface area contributed by atoms with Crippen molar-refractivity contribution in [2.45, 2.75) is 13.8 Å². The first kappa shape index (κ1) is 14.0. The summed E-state index contributed by atoms with van der Waals surface area (Å²) in [5.41, 5.74) is 0.972. The highest BCUT2D eigenvalue weighted by Crippen LogP contribution is 2.09. The normalized spacial score (nSPS) is 16.3. The minimum Gasteiger partial charge on any atom is -0.379 e. The fourth-order valence-electron chi connectivity index (χ4n) is 2.06. The van der Waals surface area contributed by atoms with Gasteiger partial charge in [-0.1, -0.05) is 0 Å². The van der Waals surface area contributed by atoms with Crippen molar-refractivity contribution in [3.63, 3.8) is 0 Å². The third kappa shape index (κ3) is 4.65. The molecule has 106 valence electrons. The van der Waals surface area contributed by atoms with Crippen LogP contribution in [0.5, 0.6) is 0 Å². The van der Waals surface area contributed by atoms with Gasteiger partial charge in [-0.2, -0.15) is 4.98 Å². The van der Waals surface area contributed by atoms with Gasteiger partial charge in [0.25, 0.3) is 0 Å². The van der Waals surface area contributed by atoms with Crippen LogP contribution >= 0.6 is 0 Å². The first-order chi connectivity index (χ1) is 9.28. The van der Waals surface area contributed by atoms with Crippen molar-refractivity contribution >= 4 is 11.8 Å². The van der Waals surface area contributed by atoms with Gasteiger partial charge in [0.2, 0.25) is 5.95 Å². The largest absolute Gasteiger partial charge is 0.379 e. The molecule has 0 amide bonds. The molecule has 1 aromatic heterocycles. The Kier molecular flexibility index (Phi) is 5.35. The van der Waals surface area contributed by atoms with Crippen molar-refractivity contribution in [3.8, 4) is 0 Å². The zero-order valence-electron chi connectivity index (χ0n) is 11.8. The standard InChI is InChI=1S/C13H23N5O/c1-3-14-13-16-11(2)10-12(17-13)15-4-5-18-6-8-19-9-7-18/h10H,3-9H2,1-2H3,(H2,14,15,16,17). The highest BCUT2D eigenvalue weighted by molar-refractivity contribution is 5.42. The maximum atomic E-state index is 5.33. The monoisotopic (exact) mass is 265 g/mol. The maximum Gasteiger partial charge on any atom is 0.224 e. The summed E-state index contributed by atoms with van der Waals surface area (Å²) in [6.45, 7) is 10.5. The first-order valence-electron chi connectivity index (χ1n) is 6.91. The fraction of sp³-hybridized carbons (Fsp3) is 0.692. The Morgan fingerprint density at radius 3 is 2.79 bits per heavy atom. The van der Waals surface area contributed by atoms with Crippen LogP contribution in [0.1, 0.15) is 12.6 Å². The molecule has 0 bridgehead atoms. The molecule has 1 aromatic rings. The Bertz CT molecular complexity index is 393. The van der Waals surface area contributed by atoms with Crippen molar-refractivity contribution in [2.75, 3.05) is 56.6 Å². The van der Waals surface area contributed by atoms with E-state index in [-0.39, 0.29) is 0 Å². The molecule has 0 radical (unpaired) electrons. The Labute approximate surface area is 114 Å². The number of ether oxygens (including phenoxy) is 1. The molecule has 6 heteroatoms. The van der Waals surface area contributed by atoms with E-state index in [1.807, 2.05) is 19.9 Å². The number of aryl methyl sites for hydroxylation is 1. The van der Waals surface area contributed by atoms with Crippen molar-refractivity contribution in [1.82, 2.24) is 14.9 Å². The third-order valence-corrected chi connectivity index (χ3v) is 3.03. The Hall–Kier alpha value is -1.40. The molecule has 0 spiro atoms. The third-order valence-electron chi connectivity index (χ3n) is 3.03. The van der Waals surface area contributed by atoms with Crippen molar-refractivity contribution < 1.29 is 4.74 Å². The highest BCUT2D eigenvalue weighted by Gasteiger charge is 2.09. The van der Waals surface area contributed by atoms with Crippen LogP contribution in [0, 0.1) is 6.92 Å². The average molecular weight is 265 g/mol. The van der Waals surface area contributed by atoms with E-state index in [0.29, 0.717) is 5.95 Å². The molecule has 2 N–H and O–H groups in total. The zero-order valence-corrected chi connectivity index (χ0v) is 11.8. The summed E-state index contributed by atoms with van der Waals surface area (Å²) in [6, 6.07) is 1.97. The smallest absolute Gasteiger partial charge is 0.224 e. The summed E-state index contributed by atoms with van der Waals surface area (Å²) >= 11 is 0. The van der Waals surface area contributed by atoms with E-state index in [9.17, 15) is 0 Å². The molecule has 0 unspecified atom stereocenters. The van der Waals surface area contributed by atoms with E-state index < -0.39 is 0 Å². The summed E-state index contributed by atoms with van der Waals surface area (Å²) in [7, 11) is 0. The van der Waals surface area contributed by atoms with E-state index in [1.165, 1.54) is 0 Å². The van der Waals surface area contributed by atoms with Gasteiger partial charge in [0, 0.05) is 44.5 Å². The van der Waals surface area contributed by atoms with Crippen LogP contribution in [-0.4, -0.2) is 60.8 Å². The molecule has 1 aliphatic heterocycles. The van der Waals surface area contributed by atoms with Gasteiger partial charge in [0.15, 0.2) is 0 Å². The minimum atomic E-state index is 0.691. The summed E-state index contributed by atoms with van der Waals surface area (Å²) < 4.78 is 5.33. The van der Waals surface area contributed by atoms with E-state index in [1.54, 1.807) is 0 Å². The van der Waals surface area contributed by atoms with Gasteiger partial charge in [0.05, 0.1) is 13.2 Å². The molecule has 0 aromatic carbocycles. The summed E-state index contributed by atoms with van der Waals surface area (Å²) in [6.07, 6.45) is 0. The van der Waals surface area contributed by atoms with E-state index in [2.05, 4.69) is 25.5 Å². The molecule has 0 aliphatic carbocycles. The Morgan fingerprint density at radius 1 is 1.26 bits per heavy atom. The number of morpholine rings is 1. The van der Waals surface area contributed by atoms with Crippen LogP contribution in [0.4, 0.5) is 11.8 Å². The lowest BCUT2D eigenvalue weighted by Gasteiger charge is -2.26. The second-order valence-corrected chi connectivity index (χ2v) is 4.63. The molecule has 0 saturated carbocycles. The predicted octanol–water partition coefficient (Wildman–Crippen LogP) is 0.961. The molecular weight excluding hydrogens is 242 g/mol. The van der Waals surface area contributed by atoms with E-state index in [4.69, 9.17) is 4.74 Å². The van der Waals surface area contributed by atoms with Crippen LogP contribution in [0.15, 0.2) is 6.07 Å². The van der Waals surface area contributed by atoms with Gasteiger partial charge in [0.1, 0.15) is 5.82 Å². The minimum absolute atomic E-state index is 0.691. The second-order valence-electron chi connectivity index (χ2n) is 4.63. The molecule has 1 fully saturated rings. The lowest BCUT2D eigenvalue weighted by Crippen LogP contribution is -2.39. The van der Waals surface area contributed by atoms with E-state index in [0.717, 1.165) is 57.4 Å². The van der Waals surface area contributed by atoms with Crippen molar-refractivity contribution in [2.24, 2.45) is 0 Å². The topological polar surface area (TPSA) is 62.3 Å². The van der Waals surface area contributed by atoms with Crippen LogP contribution in [0.2, 0.25) is 0 Å². The summed E-state index contributed by atoms with van der Waals surface area (Å²) in [5, 5.41) is 6.50. The highest BCUT2D eigenvalue weighted by atomic mass is 16.5. The summed E-state index contributed by atoms with van der Waals surface area (Å²) in [5.74, 6) is 1.58. The fourth-order valence-corrected chi connectivity index (χ4v) is 2.06. The van der Waals surface area contributed by atoms with Gasteiger partial charge in [-0.15, -0.1) is 0 Å². The predicted molar refractivity (Wildman–Crippen MR) is 76.7 cm³/mol. The molecule has 19 heavy (non-hydrogen) atoms. The van der Waals surface area contributed by atoms with Crippen molar-refractivity contribution in [1.29, 1.82) is 0 Å². The van der Waals surface area contributed by atoms with Crippen LogP contribution in [-0.2, 0) is 4.74 Å². The number of hydrogen-bond donors (Lipinski definition) is 2. The molecular formula is C13H23N5O. The second kappa shape index (κ2) is 7.25. The molecule has 6 nitrogen and oxygen atoms in total. The van der Waals surface area contributed by atoms with Gasteiger partial charge < -0.3 is 15.4 Å². The molecule has 2 rings (SSSR count). The maximum absolute atomic E-state index is 5.33. The van der Waals surface area contributed by atoms with Gasteiger partial charge in [-0.25, -0.2) is 4.98 Å². The number of rotatable bonds is 6. The van der Waals surface area contributed by atoms with E-state index >= 15 is 0 Å². The number of hydrogen-bond acceptors (Lipinski definition) is 6. The van der Waals surface area contributed by atoms with Gasteiger partial charge >= 0.3 is 0 Å². The van der Waals surface area contributed by atoms with Crippen LogP contribution in [0.3, 0.4) is 0 Å². The summed E-state index contributed by atoms with van der Waals surface area (Å²) in [4.78, 5) is 11.2. The molecule has 1 aliphatic rings. The Morgan fingerprint density at radius 2 is 2.05 bits per heavy atom. The lowest BCUT2D eigenvalue weighted by atomic mass is 10.4. The average Bonchev–Trinajstić information content (AvgIpc) is 2.40. The lowest BCUT2D eigenvalue weighted by molar-refractivity contribution is 0.0398.